The smallest absolute Gasteiger partial charge is 0.00588 e. The van der Waals surface area contributed by atoms with E-state index in [-0.39, 0.29) is 0 Å². The van der Waals surface area contributed by atoms with Crippen LogP contribution in [0.15, 0.2) is 24.8 Å². The van der Waals surface area contributed by atoms with Gasteiger partial charge in [-0.2, -0.15) is 0 Å². The average Bonchev–Trinajstić information content (AvgIpc) is 2.11. The first-order chi connectivity index (χ1) is 5.85. The standard InChI is InChI=1S/C12H22/c1-4-7-8-9-10-11-12(5-2)6-3/h5,10-12H,2,4,6-9H2,1,3H3/b11-10+. The topological polar surface area (TPSA) is 0 Å². The van der Waals surface area contributed by atoms with Crippen molar-refractivity contribution in [3.63, 3.8) is 0 Å². The van der Waals surface area contributed by atoms with Crippen LogP contribution in [0.4, 0.5) is 0 Å². The number of rotatable bonds is 7. The lowest BCUT2D eigenvalue weighted by atomic mass is 10.1. The second kappa shape index (κ2) is 8.58. The molecule has 70 valence electrons. The van der Waals surface area contributed by atoms with Crippen LogP contribution >= 0.6 is 0 Å². The van der Waals surface area contributed by atoms with Crippen LogP contribution in [0.1, 0.15) is 46.0 Å². The van der Waals surface area contributed by atoms with Crippen LogP contribution in [-0.2, 0) is 0 Å². The number of hydrogen-bond donors (Lipinski definition) is 0. The molecular weight excluding hydrogens is 144 g/mol. The second-order valence-corrected chi connectivity index (χ2v) is 3.23. The second-order valence-electron chi connectivity index (χ2n) is 3.23. The molecule has 0 heterocycles. The zero-order chi connectivity index (χ0) is 9.23. The summed E-state index contributed by atoms with van der Waals surface area (Å²) >= 11 is 0. The van der Waals surface area contributed by atoms with Gasteiger partial charge in [0.1, 0.15) is 0 Å². The molecule has 0 N–H and O–H groups in total. The van der Waals surface area contributed by atoms with E-state index in [4.69, 9.17) is 0 Å². The minimum atomic E-state index is 0.589. The molecule has 0 saturated heterocycles. The van der Waals surface area contributed by atoms with Crippen LogP contribution in [-0.4, -0.2) is 0 Å². The Morgan fingerprint density at radius 1 is 1.25 bits per heavy atom. The van der Waals surface area contributed by atoms with E-state index in [0.717, 1.165) is 0 Å². The summed E-state index contributed by atoms with van der Waals surface area (Å²) < 4.78 is 0. The largest absolute Gasteiger partial charge is 0.102 e. The molecule has 0 fully saturated rings. The summed E-state index contributed by atoms with van der Waals surface area (Å²) in [6.45, 7) is 8.23. The first-order valence-corrected chi connectivity index (χ1v) is 5.14. The quantitative estimate of drug-likeness (QED) is 0.390. The van der Waals surface area contributed by atoms with Crippen molar-refractivity contribution in [1.82, 2.24) is 0 Å². The molecule has 0 saturated carbocycles. The zero-order valence-electron chi connectivity index (χ0n) is 8.55. The fraction of sp³-hybridized carbons (Fsp3) is 0.667. The molecule has 0 aliphatic heterocycles. The summed E-state index contributed by atoms with van der Waals surface area (Å²) in [7, 11) is 0. The van der Waals surface area contributed by atoms with E-state index in [0.29, 0.717) is 5.92 Å². The first-order valence-electron chi connectivity index (χ1n) is 5.14. The molecule has 0 aromatic heterocycles. The van der Waals surface area contributed by atoms with Crippen LogP contribution in [0.25, 0.3) is 0 Å². The molecule has 1 unspecified atom stereocenters. The molecule has 0 bridgehead atoms. The summed E-state index contributed by atoms with van der Waals surface area (Å²) in [4.78, 5) is 0. The Bertz CT molecular complexity index is 122. The van der Waals surface area contributed by atoms with Crippen molar-refractivity contribution in [2.75, 3.05) is 0 Å². The van der Waals surface area contributed by atoms with Gasteiger partial charge in [0.2, 0.25) is 0 Å². The van der Waals surface area contributed by atoms with Crippen molar-refractivity contribution in [3.05, 3.63) is 24.8 Å². The van der Waals surface area contributed by atoms with Gasteiger partial charge in [-0.25, -0.2) is 0 Å². The monoisotopic (exact) mass is 166 g/mol. The Kier molecular flexibility index (Phi) is 8.20. The summed E-state index contributed by atoms with van der Waals surface area (Å²) in [5, 5.41) is 0. The third-order valence-electron chi connectivity index (χ3n) is 2.13. The fourth-order valence-electron chi connectivity index (χ4n) is 1.16. The summed E-state index contributed by atoms with van der Waals surface area (Å²) in [6.07, 6.45) is 13.0. The molecule has 0 rings (SSSR count). The highest BCUT2D eigenvalue weighted by Gasteiger charge is 1.92. The Morgan fingerprint density at radius 2 is 2.00 bits per heavy atom. The lowest BCUT2D eigenvalue weighted by Crippen LogP contribution is -1.86. The molecule has 0 aromatic rings. The van der Waals surface area contributed by atoms with Crippen LogP contribution in [0.2, 0.25) is 0 Å². The SMILES string of the molecule is C=CC(/C=C/CCCCC)CC. The van der Waals surface area contributed by atoms with Crippen LogP contribution < -0.4 is 0 Å². The van der Waals surface area contributed by atoms with Crippen LogP contribution in [0.5, 0.6) is 0 Å². The molecule has 0 radical (unpaired) electrons. The number of unbranched alkanes of at least 4 members (excludes halogenated alkanes) is 3. The van der Waals surface area contributed by atoms with E-state index in [2.05, 4.69) is 32.6 Å². The van der Waals surface area contributed by atoms with Gasteiger partial charge in [-0.15, -0.1) is 6.58 Å². The summed E-state index contributed by atoms with van der Waals surface area (Å²) in [6, 6.07) is 0. The molecule has 0 amide bonds. The van der Waals surface area contributed by atoms with Crippen molar-refractivity contribution in [2.24, 2.45) is 5.92 Å². The van der Waals surface area contributed by atoms with E-state index >= 15 is 0 Å². The minimum absolute atomic E-state index is 0.589. The Labute approximate surface area is 77.4 Å². The normalized spacial score (nSPS) is 13.5. The van der Waals surface area contributed by atoms with Gasteiger partial charge in [0.05, 0.1) is 0 Å². The van der Waals surface area contributed by atoms with Gasteiger partial charge in [-0.3, -0.25) is 0 Å². The van der Waals surface area contributed by atoms with E-state index in [1.807, 2.05) is 6.08 Å². The van der Waals surface area contributed by atoms with Gasteiger partial charge in [0.25, 0.3) is 0 Å². The maximum Gasteiger partial charge on any atom is -0.00588 e. The highest BCUT2D eigenvalue weighted by Crippen LogP contribution is 2.07. The van der Waals surface area contributed by atoms with E-state index < -0.39 is 0 Å². The Balaban J connectivity index is 3.39. The lowest BCUT2D eigenvalue weighted by molar-refractivity contribution is 0.719. The Hall–Kier alpha value is -0.520. The molecule has 0 aliphatic rings. The maximum atomic E-state index is 3.80. The zero-order valence-corrected chi connectivity index (χ0v) is 8.55. The highest BCUT2D eigenvalue weighted by molar-refractivity contribution is 4.96. The van der Waals surface area contributed by atoms with Gasteiger partial charge >= 0.3 is 0 Å². The third kappa shape index (κ3) is 6.21. The average molecular weight is 166 g/mol. The molecule has 0 nitrogen and oxygen atoms in total. The van der Waals surface area contributed by atoms with Crippen molar-refractivity contribution in [2.45, 2.75) is 46.0 Å². The summed E-state index contributed by atoms with van der Waals surface area (Å²) in [5.41, 5.74) is 0. The molecule has 1 atom stereocenters. The molecule has 0 aromatic carbocycles. The van der Waals surface area contributed by atoms with Crippen molar-refractivity contribution >= 4 is 0 Å². The number of allylic oxidation sites excluding steroid dienone is 3. The highest BCUT2D eigenvalue weighted by atomic mass is 14.0. The van der Waals surface area contributed by atoms with E-state index in [1.54, 1.807) is 0 Å². The third-order valence-corrected chi connectivity index (χ3v) is 2.13. The first kappa shape index (κ1) is 11.5. The van der Waals surface area contributed by atoms with E-state index in [1.165, 1.54) is 32.1 Å². The minimum Gasteiger partial charge on any atom is -0.102 e. The maximum absolute atomic E-state index is 3.80. The summed E-state index contributed by atoms with van der Waals surface area (Å²) in [5.74, 6) is 0.589. The predicted octanol–water partition coefficient (Wildman–Crippen LogP) is 4.34. The molecular formula is C12H22. The lowest BCUT2D eigenvalue weighted by Gasteiger charge is -2.00. The fourth-order valence-corrected chi connectivity index (χ4v) is 1.16. The van der Waals surface area contributed by atoms with Gasteiger partial charge in [0, 0.05) is 0 Å². The van der Waals surface area contributed by atoms with Crippen molar-refractivity contribution < 1.29 is 0 Å². The van der Waals surface area contributed by atoms with Crippen molar-refractivity contribution in [1.29, 1.82) is 0 Å². The van der Waals surface area contributed by atoms with Gasteiger partial charge in [-0.1, -0.05) is 44.9 Å². The molecule has 0 spiro atoms. The van der Waals surface area contributed by atoms with E-state index in [9.17, 15) is 0 Å². The van der Waals surface area contributed by atoms with Gasteiger partial charge in [0.15, 0.2) is 0 Å². The van der Waals surface area contributed by atoms with Gasteiger partial charge < -0.3 is 0 Å². The molecule has 0 aliphatic carbocycles. The van der Waals surface area contributed by atoms with Crippen LogP contribution in [0, 0.1) is 5.92 Å². The Morgan fingerprint density at radius 3 is 2.50 bits per heavy atom. The van der Waals surface area contributed by atoms with Crippen molar-refractivity contribution in [3.8, 4) is 0 Å². The van der Waals surface area contributed by atoms with Gasteiger partial charge in [-0.05, 0) is 25.2 Å². The molecule has 0 heteroatoms. The predicted molar refractivity (Wildman–Crippen MR) is 57.3 cm³/mol. The molecule has 12 heavy (non-hydrogen) atoms. The van der Waals surface area contributed by atoms with Crippen LogP contribution in [0.3, 0.4) is 0 Å². The number of hydrogen-bond acceptors (Lipinski definition) is 0.